The first-order valence-corrected chi connectivity index (χ1v) is 4.27. The fraction of sp³-hybridized carbons (Fsp3) is 0.667. The van der Waals surface area contributed by atoms with Crippen molar-refractivity contribution in [2.75, 3.05) is 0 Å². The maximum absolute atomic E-state index is 11.7. The fourth-order valence-corrected chi connectivity index (χ4v) is 1.74. The minimum absolute atomic E-state index is 0.0873. The Balaban J connectivity index is 3.12. The van der Waals surface area contributed by atoms with Gasteiger partial charge in [0.25, 0.3) is 0 Å². The third kappa shape index (κ3) is 1.12. The number of aliphatic carboxylic acids is 2. The molecule has 1 aliphatic carbocycles. The van der Waals surface area contributed by atoms with Crippen molar-refractivity contribution in [2.45, 2.75) is 26.7 Å². The Morgan fingerprint density at radius 3 is 1.50 bits per heavy atom. The minimum atomic E-state index is -1.53. The monoisotopic (exact) mass is 200 g/mol. The summed E-state index contributed by atoms with van der Waals surface area (Å²) in [4.78, 5) is 33.3. The molecule has 0 aromatic rings. The van der Waals surface area contributed by atoms with E-state index in [0.29, 0.717) is 0 Å². The van der Waals surface area contributed by atoms with Gasteiger partial charge in [-0.05, 0) is 26.7 Å². The summed E-state index contributed by atoms with van der Waals surface area (Å²) in [5.41, 5.74) is -3.07. The van der Waals surface area contributed by atoms with Crippen LogP contribution in [0.5, 0.6) is 0 Å². The van der Waals surface area contributed by atoms with Gasteiger partial charge in [0.1, 0.15) is 10.8 Å². The van der Waals surface area contributed by atoms with Gasteiger partial charge in [0.05, 0.1) is 0 Å². The molecule has 78 valence electrons. The van der Waals surface area contributed by atoms with E-state index < -0.39 is 28.6 Å². The van der Waals surface area contributed by atoms with Crippen molar-refractivity contribution in [3.8, 4) is 0 Å². The van der Waals surface area contributed by atoms with Crippen LogP contribution in [0.25, 0.3) is 0 Å². The fourth-order valence-electron chi connectivity index (χ4n) is 1.74. The topological polar surface area (TPSA) is 91.7 Å². The van der Waals surface area contributed by atoms with Crippen molar-refractivity contribution in [2.24, 2.45) is 10.8 Å². The summed E-state index contributed by atoms with van der Waals surface area (Å²) < 4.78 is 0. The predicted molar refractivity (Wildman–Crippen MR) is 45.7 cm³/mol. The van der Waals surface area contributed by atoms with Crippen molar-refractivity contribution in [3.63, 3.8) is 0 Å². The van der Waals surface area contributed by atoms with Crippen LogP contribution in [0.4, 0.5) is 0 Å². The Kier molecular flexibility index (Phi) is 2.14. The molecule has 0 aromatic carbocycles. The van der Waals surface area contributed by atoms with Gasteiger partial charge in [0.2, 0.25) is 0 Å². The third-order valence-electron chi connectivity index (χ3n) is 3.07. The zero-order valence-corrected chi connectivity index (χ0v) is 8.03. The lowest BCUT2D eigenvalue weighted by molar-refractivity contribution is -0.158. The van der Waals surface area contributed by atoms with Crippen LogP contribution in [0.2, 0.25) is 0 Å². The second-order valence-corrected chi connectivity index (χ2v) is 4.10. The van der Waals surface area contributed by atoms with Crippen LogP contribution in [0, 0.1) is 10.8 Å². The molecule has 2 atom stereocenters. The summed E-state index contributed by atoms with van der Waals surface area (Å²) in [5, 5.41) is 17.7. The van der Waals surface area contributed by atoms with Crippen molar-refractivity contribution in [1.29, 1.82) is 0 Å². The number of carbonyl (C=O) groups is 3. The van der Waals surface area contributed by atoms with Gasteiger partial charge in [-0.3, -0.25) is 14.4 Å². The average Bonchev–Trinajstić information content (AvgIpc) is 2.32. The molecule has 2 unspecified atom stereocenters. The van der Waals surface area contributed by atoms with Gasteiger partial charge < -0.3 is 10.2 Å². The second kappa shape index (κ2) is 2.80. The van der Waals surface area contributed by atoms with E-state index in [1.54, 1.807) is 0 Å². The van der Waals surface area contributed by atoms with Crippen LogP contribution >= 0.6 is 0 Å². The van der Waals surface area contributed by atoms with Gasteiger partial charge in [-0.25, -0.2) is 0 Å². The van der Waals surface area contributed by atoms with Gasteiger partial charge in [-0.2, -0.15) is 0 Å². The predicted octanol–water partition coefficient (Wildman–Crippen LogP) is 0.531. The third-order valence-corrected chi connectivity index (χ3v) is 3.07. The van der Waals surface area contributed by atoms with E-state index in [9.17, 15) is 14.4 Å². The average molecular weight is 200 g/mol. The van der Waals surface area contributed by atoms with Crippen molar-refractivity contribution < 1.29 is 24.6 Å². The highest BCUT2D eigenvalue weighted by molar-refractivity contribution is 6.15. The summed E-state index contributed by atoms with van der Waals surface area (Å²) in [6, 6.07) is 0. The number of carbonyl (C=O) groups excluding carboxylic acids is 1. The van der Waals surface area contributed by atoms with Crippen LogP contribution in [0.1, 0.15) is 26.7 Å². The smallest absolute Gasteiger partial charge is 0.316 e. The Hall–Kier alpha value is -1.39. The molecule has 1 aliphatic rings. The van der Waals surface area contributed by atoms with E-state index in [4.69, 9.17) is 10.2 Å². The number of ketones is 1. The molecular formula is C9H12O5. The van der Waals surface area contributed by atoms with E-state index in [2.05, 4.69) is 0 Å². The summed E-state index contributed by atoms with van der Waals surface area (Å²) in [6.07, 6.45) is 0.175. The largest absolute Gasteiger partial charge is 0.481 e. The van der Waals surface area contributed by atoms with Crippen molar-refractivity contribution in [3.05, 3.63) is 0 Å². The molecule has 0 bridgehead atoms. The van der Waals surface area contributed by atoms with Crippen LogP contribution in [0.15, 0.2) is 0 Å². The quantitative estimate of drug-likeness (QED) is 0.634. The van der Waals surface area contributed by atoms with E-state index in [-0.39, 0.29) is 12.8 Å². The Labute approximate surface area is 80.7 Å². The molecule has 1 saturated carbocycles. The lowest BCUT2D eigenvalue weighted by Gasteiger charge is -2.20. The zero-order chi connectivity index (χ0) is 11.1. The molecule has 0 heterocycles. The molecule has 0 saturated heterocycles. The minimum Gasteiger partial charge on any atom is -0.481 e. The molecule has 5 nitrogen and oxygen atoms in total. The van der Waals surface area contributed by atoms with Crippen molar-refractivity contribution >= 4 is 17.7 Å². The number of Topliss-reactive ketones (excluding diaryl/α,β-unsaturated/α-hetero) is 1. The van der Waals surface area contributed by atoms with Gasteiger partial charge in [0, 0.05) is 0 Å². The molecule has 0 amide bonds. The van der Waals surface area contributed by atoms with Crippen LogP contribution in [0.3, 0.4) is 0 Å². The highest BCUT2D eigenvalue weighted by Crippen LogP contribution is 2.46. The standard InChI is InChI=1S/C9H12O5/c1-8(6(11)12)3-4-9(2,5(8)10)7(13)14/h3-4H2,1-2H3,(H,11,12)(H,13,14). The Bertz CT molecular complexity index is 291. The van der Waals surface area contributed by atoms with Gasteiger partial charge in [-0.1, -0.05) is 0 Å². The molecule has 0 aliphatic heterocycles. The number of carboxylic acids is 2. The zero-order valence-electron chi connectivity index (χ0n) is 8.03. The van der Waals surface area contributed by atoms with Crippen molar-refractivity contribution in [1.82, 2.24) is 0 Å². The number of hydrogen-bond donors (Lipinski definition) is 2. The molecular weight excluding hydrogens is 188 g/mol. The molecule has 1 fully saturated rings. The number of hydrogen-bond acceptors (Lipinski definition) is 3. The highest BCUT2D eigenvalue weighted by atomic mass is 16.4. The van der Waals surface area contributed by atoms with E-state index in [1.807, 2.05) is 0 Å². The molecule has 1 rings (SSSR count). The van der Waals surface area contributed by atoms with Gasteiger partial charge in [0.15, 0.2) is 5.78 Å². The SMILES string of the molecule is CC1(C(=O)O)CCC(C)(C(=O)O)C1=O. The van der Waals surface area contributed by atoms with E-state index >= 15 is 0 Å². The first kappa shape index (κ1) is 10.7. The summed E-state index contributed by atoms with van der Waals surface area (Å²) >= 11 is 0. The molecule has 5 heteroatoms. The Morgan fingerprint density at radius 1 is 1.07 bits per heavy atom. The number of rotatable bonds is 2. The summed E-state index contributed by atoms with van der Waals surface area (Å²) in [6.45, 7) is 2.57. The molecule has 0 radical (unpaired) electrons. The van der Waals surface area contributed by atoms with Crippen LogP contribution < -0.4 is 0 Å². The first-order valence-electron chi connectivity index (χ1n) is 4.27. The second-order valence-electron chi connectivity index (χ2n) is 4.10. The van der Waals surface area contributed by atoms with Crippen LogP contribution in [-0.4, -0.2) is 27.9 Å². The van der Waals surface area contributed by atoms with E-state index in [1.165, 1.54) is 13.8 Å². The normalized spacial score (nSPS) is 37.1. The number of carboxylic acid groups (broad SMARTS) is 2. The Morgan fingerprint density at radius 2 is 1.36 bits per heavy atom. The highest BCUT2D eigenvalue weighted by Gasteiger charge is 2.59. The lowest BCUT2D eigenvalue weighted by atomic mass is 9.80. The maximum Gasteiger partial charge on any atom is 0.316 e. The molecule has 0 spiro atoms. The van der Waals surface area contributed by atoms with Crippen LogP contribution in [-0.2, 0) is 14.4 Å². The first-order chi connectivity index (χ1) is 6.25. The molecule has 0 aromatic heterocycles. The van der Waals surface area contributed by atoms with Gasteiger partial charge in [-0.15, -0.1) is 0 Å². The molecule has 2 N–H and O–H groups in total. The summed E-state index contributed by atoms with van der Waals surface area (Å²) in [7, 11) is 0. The summed E-state index contributed by atoms with van der Waals surface area (Å²) in [5.74, 6) is -3.19. The lowest BCUT2D eigenvalue weighted by Crippen LogP contribution is -2.41. The maximum atomic E-state index is 11.7. The molecule has 14 heavy (non-hydrogen) atoms. The van der Waals surface area contributed by atoms with Gasteiger partial charge >= 0.3 is 11.9 Å². The van der Waals surface area contributed by atoms with E-state index in [0.717, 1.165) is 0 Å².